The first kappa shape index (κ1) is 13.9. The number of amides is 1. The molecule has 1 aromatic rings. The second-order valence-corrected chi connectivity index (χ2v) is 3.62. The molecular weight excluding hydrogens is 236 g/mol. The summed E-state index contributed by atoms with van der Waals surface area (Å²) in [5.74, 6) is -0.698. The molecule has 0 aliphatic carbocycles. The van der Waals surface area contributed by atoms with Crippen molar-refractivity contribution in [3.63, 3.8) is 0 Å². The van der Waals surface area contributed by atoms with E-state index < -0.39 is 5.97 Å². The Bertz CT molecular complexity index is 405. The van der Waals surface area contributed by atoms with Crippen molar-refractivity contribution in [2.45, 2.75) is 19.8 Å². The fourth-order valence-corrected chi connectivity index (χ4v) is 1.19. The van der Waals surface area contributed by atoms with Crippen molar-refractivity contribution in [3.8, 4) is 0 Å². The molecule has 7 nitrogen and oxygen atoms in total. The van der Waals surface area contributed by atoms with Gasteiger partial charge in [-0.05, 0) is 6.42 Å². The molecule has 0 radical (unpaired) electrons. The lowest BCUT2D eigenvalue weighted by atomic mass is 10.3. The van der Waals surface area contributed by atoms with Gasteiger partial charge in [-0.2, -0.15) is 0 Å². The average Bonchev–Trinajstić information content (AvgIpc) is 2.37. The SMILES string of the molecule is CCCNC(=O)CCNc1cnc(C(=O)O)cn1. The van der Waals surface area contributed by atoms with Gasteiger partial charge < -0.3 is 15.7 Å². The monoisotopic (exact) mass is 252 g/mol. The van der Waals surface area contributed by atoms with Gasteiger partial charge in [-0.25, -0.2) is 14.8 Å². The van der Waals surface area contributed by atoms with E-state index in [1.807, 2.05) is 6.92 Å². The topological polar surface area (TPSA) is 104 Å². The summed E-state index contributed by atoms with van der Waals surface area (Å²) in [7, 11) is 0. The lowest BCUT2D eigenvalue weighted by Gasteiger charge is -2.05. The van der Waals surface area contributed by atoms with Crippen molar-refractivity contribution in [2.75, 3.05) is 18.4 Å². The van der Waals surface area contributed by atoms with Gasteiger partial charge in [0.05, 0.1) is 12.4 Å². The quantitative estimate of drug-likeness (QED) is 0.653. The zero-order valence-corrected chi connectivity index (χ0v) is 10.1. The number of hydrogen-bond acceptors (Lipinski definition) is 5. The van der Waals surface area contributed by atoms with Gasteiger partial charge >= 0.3 is 5.97 Å². The van der Waals surface area contributed by atoms with Gasteiger partial charge in [0, 0.05) is 19.5 Å². The van der Waals surface area contributed by atoms with Gasteiger partial charge in [-0.15, -0.1) is 0 Å². The van der Waals surface area contributed by atoms with Crippen LogP contribution in [0.1, 0.15) is 30.3 Å². The number of carboxylic acids is 1. The van der Waals surface area contributed by atoms with Crippen LogP contribution in [0.3, 0.4) is 0 Å². The Morgan fingerprint density at radius 3 is 2.61 bits per heavy atom. The molecular formula is C11H16N4O3. The Hall–Kier alpha value is -2.18. The molecule has 0 saturated carbocycles. The summed E-state index contributed by atoms with van der Waals surface area (Å²) < 4.78 is 0. The summed E-state index contributed by atoms with van der Waals surface area (Å²) in [5, 5.41) is 14.3. The van der Waals surface area contributed by atoms with Crippen LogP contribution in [0.5, 0.6) is 0 Å². The van der Waals surface area contributed by atoms with E-state index in [9.17, 15) is 9.59 Å². The summed E-state index contributed by atoms with van der Waals surface area (Å²) in [6.07, 6.45) is 3.73. The molecule has 3 N–H and O–H groups in total. The first-order valence-corrected chi connectivity index (χ1v) is 5.69. The number of rotatable bonds is 7. The molecule has 0 saturated heterocycles. The smallest absolute Gasteiger partial charge is 0.356 e. The molecule has 0 atom stereocenters. The number of aromatic nitrogens is 2. The van der Waals surface area contributed by atoms with Gasteiger partial charge in [0.25, 0.3) is 0 Å². The third-order valence-corrected chi connectivity index (χ3v) is 2.10. The molecule has 1 heterocycles. The molecule has 1 amide bonds. The molecule has 1 rings (SSSR count). The van der Waals surface area contributed by atoms with E-state index >= 15 is 0 Å². The van der Waals surface area contributed by atoms with Crippen molar-refractivity contribution in [2.24, 2.45) is 0 Å². The maximum atomic E-state index is 11.3. The number of carboxylic acid groups (broad SMARTS) is 1. The summed E-state index contributed by atoms with van der Waals surface area (Å²) in [6, 6.07) is 0. The predicted molar refractivity (Wildman–Crippen MR) is 65.4 cm³/mol. The van der Waals surface area contributed by atoms with Crippen LogP contribution in [0.25, 0.3) is 0 Å². The number of hydrogen-bond donors (Lipinski definition) is 3. The highest BCUT2D eigenvalue weighted by molar-refractivity contribution is 5.84. The number of nitrogens with zero attached hydrogens (tertiary/aromatic N) is 2. The minimum Gasteiger partial charge on any atom is -0.476 e. The first-order chi connectivity index (χ1) is 8.63. The highest BCUT2D eigenvalue weighted by Gasteiger charge is 2.05. The minimum atomic E-state index is -1.12. The fourth-order valence-electron chi connectivity index (χ4n) is 1.19. The van der Waals surface area contributed by atoms with E-state index in [1.165, 1.54) is 12.4 Å². The van der Waals surface area contributed by atoms with Gasteiger partial charge in [0.2, 0.25) is 5.91 Å². The van der Waals surface area contributed by atoms with Gasteiger partial charge in [0.15, 0.2) is 5.69 Å². The largest absolute Gasteiger partial charge is 0.476 e. The Labute approximate surface area is 105 Å². The molecule has 1 aromatic heterocycles. The van der Waals surface area contributed by atoms with E-state index in [0.717, 1.165) is 6.42 Å². The Morgan fingerprint density at radius 2 is 2.06 bits per heavy atom. The highest BCUT2D eigenvalue weighted by Crippen LogP contribution is 2.00. The van der Waals surface area contributed by atoms with Gasteiger partial charge in [-0.3, -0.25) is 4.79 Å². The van der Waals surface area contributed by atoms with E-state index in [4.69, 9.17) is 5.11 Å². The van der Waals surface area contributed by atoms with Crippen molar-refractivity contribution < 1.29 is 14.7 Å². The Balaban J connectivity index is 2.31. The van der Waals surface area contributed by atoms with Crippen LogP contribution in [-0.4, -0.2) is 40.0 Å². The van der Waals surface area contributed by atoms with Crippen molar-refractivity contribution in [1.82, 2.24) is 15.3 Å². The maximum absolute atomic E-state index is 11.3. The molecule has 18 heavy (non-hydrogen) atoms. The third-order valence-electron chi connectivity index (χ3n) is 2.10. The number of aromatic carboxylic acids is 1. The predicted octanol–water partition coefficient (Wildman–Crippen LogP) is 0.503. The second-order valence-electron chi connectivity index (χ2n) is 3.62. The number of anilines is 1. The van der Waals surface area contributed by atoms with E-state index in [1.54, 1.807) is 0 Å². The zero-order chi connectivity index (χ0) is 13.4. The van der Waals surface area contributed by atoms with E-state index in [-0.39, 0.29) is 11.6 Å². The summed E-state index contributed by atoms with van der Waals surface area (Å²) >= 11 is 0. The Morgan fingerprint density at radius 1 is 1.28 bits per heavy atom. The standard InChI is InChI=1S/C11H16N4O3/c1-2-4-13-10(16)3-5-12-9-7-14-8(6-15-9)11(17)18/h6-7H,2-5H2,1H3,(H,12,15)(H,13,16)(H,17,18). The van der Waals surface area contributed by atoms with Crippen molar-refractivity contribution in [1.29, 1.82) is 0 Å². The zero-order valence-electron chi connectivity index (χ0n) is 10.1. The van der Waals surface area contributed by atoms with Gasteiger partial charge in [-0.1, -0.05) is 6.92 Å². The maximum Gasteiger partial charge on any atom is 0.356 e. The van der Waals surface area contributed by atoms with Crippen LogP contribution in [0, 0.1) is 0 Å². The fraction of sp³-hybridized carbons (Fsp3) is 0.455. The minimum absolute atomic E-state index is 0.0283. The van der Waals surface area contributed by atoms with Crippen LogP contribution in [0.15, 0.2) is 12.4 Å². The molecule has 0 unspecified atom stereocenters. The van der Waals surface area contributed by atoms with Gasteiger partial charge in [0.1, 0.15) is 5.82 Å². The molecule has 0 fully saturated rings. The molecule has 0 aliphatic heterocycles. The summed E-state index contributed by atoms with van der Waals surface area (Å²) in [4.78, 5) is 29.4. The molecule has 0 bridgehead atoms. The van der Waals surface area contributed by atoms with E-state index in [2.05, 4.69) is 20.6 Å². The lowest BCUT2D eigenvalue weighted by Crippen LogP contribution is -2.26. The number of nitrogens with one attached hydrogen (secondary N) is 2. The number of carbonyl (C=O) groups excluding carboxylic acids is 1. The highest BCUT2D eigenvalue weighted by atomic mass is 16.4. The third kappa shape index (κ3) is 4.77. The van der Waals surface area contributed by atoms with Crippen molar-refractivity contribution >= 4 is 17.7 Å². The Kier molecular flexibility index (Phi) is 5.56. The summed E-state index contributed by atoms with van der Waals surface area (Å²) in [6.45, 7) is 3.08. The van der Waals surface area contributed by atoms with Crippen LogP contribution in [0.2, 0.25) is 0 Å². The van der Waals surface area contributed by atoms with E-state index in [0.29, 0.717) is 25.3 Å². The second kappa shape index (κ2) is 7.21. The summed E-state index contributed by atoms with van der Waals surface area (Å²) in [5.41, 5.74) is -0.110. The van der Waals surface area contributed by atoms with Crippen molar-refractivity contribution in [3.05, 3.63) is 18.1 Å². The van der Waals surface area contributed by atoms with Crippen LogP contribution in [0.4, 0.5) is 5.82 Å². The molecule has 0 spiro atoms. The first-order valence-electron chi connectivity index (χ1n) is 5.69. The van der Waals surface area contributed by atoms with Crippen LogP contribution < -0.4 is 10.6 Å². The normalized spacial score (nSPS) is 9.83. The molecule has 98 valence electrons. The van der Waals surface area contributed by atoms with Crippen LogP contribution in [-0.2, 0) is 4.79 Å². The number of carbonyl (C=O) groups is 2. The van der Waals surface area contributed by atoms with Crippen LogP contribution >= 0.6 is 0 Å². The molecule has 0 aliphatic rings. The lowest BCUT2D eigenvalue weighted by molar-refractivity contribution is -0.120. The average molecular weight is 252 g/mol. The molecule has 7 heteroatoms. The molecule has 0 aromatic carbocycles.